The minimum atomic E-state index is -3.91. The fourth-order valence-electron chi connectivity index (χ4n) is 7.64. The number of nitrogen functional groups attached to an aromatic ring is 1. The SMILES string of the molecule is CC(C)(C)OC(=O)N1CCN(c2cccc3c2OCCN3S(=O)(=O)c2cccc(N)c2)CC1.CS(=O)(=O)Nc1cccc(S(=O)(=O)N2CCOc3c(N4CCNCC4)cccc32)c1. The number of rotatable bonds is 8. The van der Waals surface area contributed by atoms with Crippen LogP contribution in [0, 0.1) is 0 Å². The number of anilines is 6. The number of carbonyl (C=O) groups is 1. The van der Waals surface area contributed by atoms with Gasteiger partial charge in [-0.1, -0.05) is 24.3 Å². The fourth-order valence-corrected chi connectivity index (χ4v) is 11.2. The van der Waals surface area contributed by atoms with Gasteiger partial charge in [0.05, 0.1) is 51.9 Å². The highest BCUT2D eigenvalue weighted by molar-refractivity contribution is 7.93. The molecular weight excluding hydrogens is 873 g/mol. The van der Waals surface area contributed by atoms with E-state index in [-0.39, 0.29) is 47.9 Å². The smallest absolute Gasteiger partial charge is 0.410 e. The summed E-state index contributed by atoms with van der Waals surface area (Å²) < 4.78 is 99.0. The average Bonchev–Trinajstić information content (AvgIpc) is 3.25. The van der Waals surface area contributed by atoms with Crippen LogP contribution in [0.1, 0.15) is 20.8 Å². The number of fused-ring (bicyclic) bond motifs is 2. The molecule has 4 aromatic rings. The quantitative estimate of drug-likeness (QED) is 0.214. The van der Waals surface area contributed by atoms with Crippen LogP contribution in [0.3, 0.4) is 0 Å². The number of benzene rings is 4. The molecule has 1 amide bonds. The van der Waals surface area contributed by atoms with E-state index < -0.39 is 35.7 Å². The van der Waals surface area contributed by atoms with Gasteiger partial charge in [-0.15, -0.1) is 0 Å². The van der Waals surface area contributed by atoms with Crippen LogP contribution >= 0.6 is 0 Å². The van der Waals surface area contributed by atoms with E-state index in [1.54, 1.807) is 35.2 Å². The monoisotopic (exact) mass is 926 g/mol. The Bertz CT molecular complexity index is 2650. The van der Waals surface area contributed by atoms with Crippen LogP contribution in [-0.2, 0) is 34.8 Å². The van der Waals surface area contributed by atoms with Crippen molar-refractivity contribution in [1.82, 2.24) is 10.2 Å². The summed E-state index contributed by atoms with van der Waals surface area (Å²) >= 11 is 0. The molecule has 4 aliphatic heterocycles. The normalized spacial score (nSPS) is 17.0. The molecule has 0 atom stereocenters. The van der Waals surface area contributed by atoms with Crippen molar-refractivity contribution in [2.45, 2.75) is 36.2 Å². The van der Waals surface area contributed by atoms with Gasteiger partial charge in [-0.25, -0.2) is 30.0 Å². The molecule has 340 valence electrons. The molecule has 18 nitrogen and oxygen atoms in total. The maximum Gasteiger partial charge on any atom is 0.410 e. The number of nitrogens with one attached hydrogen (secondary N) is 2. The molecule has 8 rings (SSSR count). The van der Waals surface area contributed by atoms with Crippen molar-refractivity contribution in [2.24, 2.45) is 0 Å². The van der Waals surface area contributed by atoms with Gasteiger partial charge in [-0.3, -0.25) is 13.3 Å². The lowest BCUT2D eigenvalue weighted by atomic mass is 10.2. The number of piperazine rings is 2. The largest absolute Gasteiger partial charge is 0.487 e. The molecule has 0 aliphatic carbocycles. The van der Waals surface area contributed by atoms with Crippen molar-refractivity contribution >= 4 is 70.3 Å². The Morgan fingerprint density at radius 1 is 0.651 bits per heavy atom. The van der Waals surface area contributed by atoms with E-state index >= 15 is 0 Å². The van der Waals surface area contributed by atoms with Crippen molar-refractivity contribution in [3.63, 3.8) is 0 Å². The third-order valence-electron chi connectivity index (χ3n) is 10.5. The minimum Gasteiger partial charge on any atom is -0.487 e. The van der Waals surface area contributed by atoms with Crippen molar-refractivity contribution < 1.29 is 44.3 Å². The second-order valence-electron chi connectivity index (χ2n) is 16.3. The van der Waals surface area contributed by atoms with E-state index in [1.807, 2.05) is 45.0 Å². The van der Waals surface area contributed by atoms with Gasteiger partial charge in [0, 0.05) is 63.7 Å². The van der Waals surface area contributed by atoms with Gasteiger partial charge >= 0.3 is 6.09 Å². The van der Waals surface area contributed by atoms with Gasteiger partial charge in [0.15, 0.2) is 11.5 Å². The lowest BCUT2D eigenvalue weighted by Gasteiger charge is -2.39. The summed E-state index contributed by atoms with van der Waals surface area (Å²) in [4.78, 5) is 18.5. The lowest BCUT2D eigenvalue weighted by Crippen LogP contribution is -2.50. The number of sulfonamides is 3. The lowest BCUT2D eigenvalue weighted by molar-refractivity contribution is 0.0240. The zero-order valence-electron chi connectivity index (χ0n) is 35.7. The summed E-state index contributed by atoms with van der Waals surface area (Å²) in [7, 11) is -11.2. The number of ether oxygens (including phenoxy) is 3. The third kappa shape index (κ3) is 10.4. The summed E-state index contributed by atoms with van der Waals surface area (Å²) in [5, 5.41) is 3.30. The highest BCUT2D eigenvalue weighted by Crippen LogP contribution is 2.44. The summed E-state index contributed by atoms with van der Waals surface area (Å²) in [6.45, 7) is 11.9. The Balaban J connectivity index is 0.000000190. The van der Waals surface area contributed by atoms with Crippen LogP contribution in [-0.4, -0.2) is 127 Å². The summed E-state index contributed by atoms with van der Waals surface area (Å²) in [5.41, 5.74) is 8.53. The van der Waals surface area contributed by atoms with E-state index in [9.17, 15) is 30.0 Å². The van der Waals surface area contributed by atoms with E-state index in [2.05, 4.69) is 19.8 Å². The van der Waals surface area contributed by atoms with E-state index in [0.29, 0.717) is 54.7 Å². The Morgan fingerprint density at radius 2 is 1.13 bits per heavy atom. The number of hydrogen-bond acceptors (Lipinski definition) is 14. The number of nitrogens with two attached hydrogens (primary N) is 1. The highest BCUT2D eigenvalue weighted by atomic mass is 32.2. The molecule has 4 aromatic carbocycles. The molecule has 0 spiro atoms. The minimum absolute atomic E-state index is 0.0107. The van der Waals surface area contributed by atoms with Crippen LogP contribution in [0.2, 0.25) is 0 Å². The first-order chi connectivity index (χ1) is 29.8. The van der Waals surface area contributed by atoms with Crippen LogP contribution in [0.5, 0.6) is 11.5 Å². The van der Waals surface area contributed by atoms with Gasteiger partial charge in [-0.2, -0.15) is 0 Å². The molecule has 0 radical (unpaired) electrons. The molecule has 21 heteroatoms. The van der Waals surface area contributed by atoms with Crippen LogP contribution in [0.15, 0.2) is 94.7 Å². The van der Waals surface area contributed by atoms with Crippen LogP contribution in [0.4, 0.5) is 38.9 Å². The Kier molecular flexibility index (Phi) is 13.1. The predicted molar refractivity (Wildman–Crippen MR) is 244 cm³/mol. The number of para-hydroxylation sites is 2. The summed E-state index contributed by atoms with van der Waals surface area (Å²) in [6, 6.07) is 23.1. The second kappa shape index (κ2) is 18.2. The first kappa shape index (κ1) is 45.4. The number of hydrogen-bond donors (Lipinski definition) is 3. The molecular formula is C42H54N8O10S3. The summed E-state index contributed by atoms with van der Waals surface area (Å²) in [6.07, 6.45) is 0.692. The van der Waals surface area contributed by atoms with Crippen molar-refractivity contribution in [3.05, 3.63) is 84.9 Å². The zero-order chi connectivity index (χ0) is 45.2. The molecule has 4 aliphatic rings. The molecule has 63 heavy (non-hydrogen) atoms. The number of nitrogens with zero attached hydrogens (tertiary/aromatic N) is 5. The van der Waals surface area contributed by atoms with Gasteiger partial charge in [-0.05, 0) is 81.4 Å². The molecule has 0 saturated carbocycles. The highest BCUT2D eigenvalue weighted by Gasteiger charge is 2.35. The molecule has 0 aromatic heterocycles. The Morgan fingerprint density at radius 3 is 1.63 bits per heavy atom. The standard InChI is InChI=1S/C23H30N4O5S.C19H24N4O5S2/c1-23(2,3)32-22(28)26-12-10-25(11-13-26)19-8-5-9-20-21(19)31-15-14-27(20)33(29,30)18-7-4-6-17(24)16-18;1-29(24,25)21-15-4-2-5-16(14-15)30(26,27)23-12-13-28-19-17(6-3-7-18(19)23)22-10-8-20-9-11-22/h4-9,16H,10-15,24H2,1-3H3;2-7,14,20-21H,8-13H2,1H3. The third-order valence-corrected chi connectivity index (χ3v) is 14.7. The first-order valence-corrected chi connectivity index (χ1v) is 25.3. The van der Waals surface area contributed by atoms with E-state index in [4.69, 9.17) is 19.9 Å². The molecule has 0 unspecified atom stereocenters. The summed E-state index contributed by atoms with van der Waals surface area (Å²) in [5.74, 6) is 1.08. The molecule has 2 saturated heterocycles. The topological polar surface area (TPSA) is 213 Å². The average molecular weight is 927 g/mol. The van der Waals surface area contributed by atoms with Crippen molar-refractivity contribution in [3.8, 4) is 11.5 Å². The zero-order valence-corrected chi connectivity index (χ0v) is 38.1. The van der Waals surface area contributed by atoms with Gasteiger partial charge in [0.2, 0.25) is 10.0 Å². The maximum atomic E-state index is 13.4. The molecule has 4 heterocycles. The maximum absolute atomic E-state index is 13.4. The van der Waals surface area contributed by atoms with E-state index in [0.717, 1.165) is 43.8 Å². The number of amides is 1. The molecule has 4 N–H and O–H groups in total. The van der Waals surface area contributed by atoms with Gasteiger partial charge < -0.3 is 40.0 Å². The second-order valence-corrected chi connectivity index (χ2v) is 21.7. The predicted octanol–water partition coefficient (Wildman–Crippen LogP) is 3.97. The van der Waals surface area contributed by atoms with Crippen molar-refractivity contribution in [1.29, 1.82) is 0 Å². The van der Waals surface area contributed by atoms with Crippen molar-refractivity contribution in [2.75, 3.05) is 114 Å². The van der Waals surface area contributed by atoms with Crippen LogP contribution in [0.25, 0.3) is 0 Å². The Hall–Kier alpha value is -5.64. The van der Waals surface area contributed by atoms with E-state index in [1.165, 1.54) is 38.9 Å². The molecule has 2 fully saturated rings. The fraction of sp³-hybridized carbons (Fsp3) is 0.405. The van der Waals surface area contributed by atoms with Gasteiger partial charge in [0.1, 0.15) is 18.8 Å². The molecule has 0 bridgehead atoms. The first-order valence-electron chi connectivity index (χ1n) is 20.5. The van der Waals surface area contributed by atoms with Gasteiger partial charge in [0.25, 0.3) is 20.0 Å². The Labute approximate surface area is 369 Å². The van der Waals surface area contributed by atoms with Crippen LogP contribution < -0.4 is 43.7 Å². The number of carbonyl (C=O) groups excluding carboxylic acids is 1.